The molecule has 1 amide bonds. The molecule has 0 fully saturated rings. The topological polar surface area (TPSA) is 62.1 Å². The molecule has 27 heavy (non-hydrogen) atoms. The molecule has 0 spiro atoms. The zero-order chi connectivity index (χ0) is 19.5. The second kappa shape index (κ2) is 11.4. The van der Waals surface area contributed by atoms with Gasteiger partial charge in [0.05, 0.1) is 6.61 Å². The second-order valence-corrected chi connectivity index (χ2v) is 7.33. The first-order valence-electron chi connectivity index (χ1n) is 9.04. The SMILES string of the molecule is CCCCCCOc1ccccc1/C=C(\C#N)C(=O)Nc1cccc(I)c1. The number of para-hydroxylation sites is 1. The van der Waals surface area contributed by atoms with Crippen LogP contribution in [-0.4, -0.2) is 12.5 Å². The van der Waals surface area contributed by atoms with Crippen molar-refractivity contribution in [2.45, 2.75) is 32.6 Å². The van der Waals surface area contributed by atoms with Gasteiger partial charge < -0.3 is 10.1 Å². The van der Waals surface area contributed by atoms with E-state index < -0.39 is 5.91 Å². The van der Waals surface area contributed by atoms with Gasteiger partial charge in [-0.3, -0.25) is 4.79 Å². The number of benzene rings is 2. The van der Waals surface area contributed by atoms with Gasteiger partial charge in [0.25, 0.3) is 5.91 Å². The summed E-state index contributed by atoms with van der Waals surface area (Å²) in [7, 11) is 0. The molecule has 2 aromatic carbocycles. The number of rotatable bonds is 9. The molecule has 5 heteroatoms. The molecule has 0 saturated carbocycles. The maximum atomic E-state index is 12.5. The third-order valence-electron chi connectivity index (χ3n) is 3.92. The van der Waals surface area contributed by atoms with Gasteiger partial charge in [-0.25, -0.2) is 0 Å². The van der Waals surface area contributed by atoms with Crippen LogP contribution < -0.4 is 10.1 Å². The minimum Gasteiger partial charge on any atom is -0.493 e. The highest BCUT2D eigenvalue weighted by molar-refractivity contribution is 14.1. The second-order valence-electron chi connectivity index (χ2n) is 6.08. The van der Waals surface area contributed by atoms with E-state index in [1.807, 2.05) is 48.5 Å². The van der Waals surface area contributed by atoms with E-state index >= 15 is 0 Å². The molecule has 1 N–H and O–H groups in total. The first kappa shape index (κ1) is 21.0. The molecule has 0 aliphatic heterocycles. The van der Waals surface area contributed by atoms with Gasteiger partial charge in [0, 0.05) is 14.8 Å². The maximum Gasteiger partial charge on any atom is 0.266 e. The fraction of sp³-hybridized carbons (Fsp3) is 0.273. The molecule has 0 aliphatic carbocycles. The lowest BCUT2D eigenvalue weighted by Crippen LogP contribution is -2.13. The van der Waals surface area contributed by atoms with Crippen molar-refractivity contribution in [1.29, 1.82) is 5.26 Å². The highest BCUT2D eigenvalue weighted by atomic mass is 127. The van der Waals surface area contributed by atoms with Crippen LogP contribution in [0.2, 0.25) is 0 Å². The van der Waals surface area contributed by atoms with Gasteiger partial charge in [0.1, 0.15) is 17.4 Å². The first-order chi connectivity index (χ1) is 13.1. The Morgan fingerprint density at radius 1 is 1.19 bits per heavy atom. The Labute approximate surface area is 174 Å². The van der Waals surface area contributed by atoms with Gasteiger partial charge in [0.15, 0.2) is 0 Å². The molecule has 0 atom stereocenters. The predicted molar refractivity (Wildman–Crippen MR) is 117 cm³/mol. The quantitative estimate of drug-likeness (QED) is 0.216. The lowest BCUT2D eigenvalue weighted by molar-refractivity contribution is -0.112. The summed E-state index contributed by atoms with van der Waals surface area (Å²) in [5.74, 6) is 0.251. The Hall–Kier alpha value is -2.33. The van der Waals surface area contributed by atoms with E-state index in [0.29, 0.717) is 18.0 Å². The fourth-order valence-electron chi connectivity index (χ4n) is 2.51. The number of anilines is 1. The molecule has 0 aromatic heterocycles. The summed E-state index contributed by atoms with van der Waals surface area (Å²) in [5, 5.41) is 12.2. The van der Waals surface area contributed by atoms with Crippen LogP contribution in [0.4, 0.5) is 5.69 Å². The van der Waals surface area contributed by atoms with E-state index in [2.05, 4.69) is 34.8 Å². The van der Waals surface area contributed by atoms with Gasteiger partial charge in [-0.15, -0.1) is 0 Å². The summed E-state index contributed by atoms with van der Waals surface area (Å²) in [6.45, 7) is 2.80. The summed E-state index contributed by atoms with van der Waals surface area (Å²) >= 11 is 2.18. The third-order valence-corrected chi connectivity index (χ3v) is 4.59. The van der Waals surface area contributed by atoms with Crippen molar-refractivity contribution < 1.29 is 9.53 Å². The summed E-state index contributed by atoms with van der Waals surface area (Å²) < 4.78 is 6.87. The van der Waals surface area contributed by atoms with Crippen LogP contribution in [-0.2, 0) is 4.79 Å². The summed E-state index contributed by atoms with van der Waals surface area (Å²) in [6.07, 6.45) is 6.08. The zero-order valence-corrected chi connectivity index (χ0v) is 17.5. The fourth-order valence-corrected chi connectivity index (χ4v) is 3.05. The highest BCUT2D eigenvalue weighted by Gasteiger charge is 2.11. The van der Waals surface area contributed by atoms with Crippen molar-refractivity contribution >= 4 is 40.3 Å². The molecule has 2 rings (SSSR count). The van der Waals surface area contributed by atoms with Gasteiger partial charge in [0.2, 0.25) is 0 Å². The molecular formula is C22H23IN2O2. The smallest absolute Gasteiger partial charge is 0.266 e. The summed E-state index contributed by atoms with van der Waals surface area (Å²) in [4.78, 5) is 12.5. The Kier molecular flexibility index (Phi) is 8.85. The molecule has 0 heterocycles. The van der Waals surface area contributed by atoms with E-state index in [-0.39, 0.29) is 5.57 Å². The number of amides is 1. The number of unbranched alkanes of at least 4 members (excludes halogenated alkanes) is 3. The number of nitriles is 1. The van der Waals surface area contributed by atoms with Crippen LogP contribution >= 0.6 is 22.6 Å². The highest BCUT2D eigenvalue weighted by Crippen LogP contribution is 2.22. The van der Waals surface area contributed by atoms with E-state index in [1.54, 1.807) is 12.1 Å². The number of carbonyl (C=O) groups is 1. The predicted octanol–water partition coefficient (Wildman–Crippen LogP) is 5.80. The number of halogens is 1. The number of nitrogens with one attached hydrogen (secondary N) is 1. The molecule has 140 valence electrons. The number of ether oxygens (including phenoxy) is 1. The zero-order valence-electron chi connectivity index (χ0n) is 15.4. The van der Waals surface area contributed by atoms with Crippen molar-refractivity contribution in [1.82, 2.24) is 0 Å². The van der Waals surface area contributed by atoms with Gasteiger partial charge >= 0.3 is 0 Å². The molecule has 0 bridgehead atoms. The molecule has 0 unspecified atom stereocenters. The first-order valence-corrected chi connectivity index (χ1v) is 10.1. The molecule has 2 aromatic rings. The number of carbonyl (C=O) groups excluding carboxylic acids is 1. The minimum atomic E-state index is -0.433. The van der Waals surface area contributed by atoms with Crippen LogP contribution in [0.1, 0.15) is 38.2 Å². The monoisotopic (exact) mass is 474 g/mol. The molecule has 0 radical (unpaired) electrons. The molecule has 0 aliphatic rings. The van der Waals surface area contributed by atoms with E-state index in [0.717, 1.165) is 22.0 Å². The van der Waals surface area contributed by atoms with Crippen LogP contribution in [0.25, 0.3) is 6.08 Å². The Morgan fingerprint density at radius 3 is 2.74 bits per heavy atom. The van der Waals surface area contributed by atoms with Crippen LogP contribution in [0, 0.1) is 14.9 Å². The largest absolute Gasteiger partial charge is 0.493 e. The summed E-state index contributed by atoms with van der Waals surface area (Å²) in [6, 6.07) is 16.9. The normalized spacial score (nSPS) is 10.9. The Morgan fingerprint density at radius 2 is 2.00 bits per heavy atom. The molecule has 0 saturated heterocycles. The average Bonchev–Trinajstić information content (AvgIpc) is 2.66. The van der Waals surface area contributed by atoms with Crippen molar-refractivity contribution in [3.8, 4) is 11.8 Å². The van der Waals surface area contributed by atoms with Crippen molar-refractivity contribution in [3.05, 3.63) is 63.2 Å². The van der Waals surface area contributed by atoms with Crippen LogP contribution in [0.15, 0.2) is 54.1 Å². The van der Waals surface area contributed by atoms with Gasteiger partial charge in [-0.1, -0.05) is 50.5 Å². The van der Waals surface area contributed by atoms with E-state index in [9.17, 15) is 10.1 Å². The Bertz CT molecular complexity index is 840. The van der Waals surface area contributed by atoms with Crippen LogP contribution in [0.5, 0.6) is 5.75 Å². The van der Waals surface area contributed by atoms with Gasteiger partial charge in [-0.2, -0.15) is 5.26 Å². The summed E-state index contributed by atoms with van der Waals surface area (Å²) in [5.41, 5.74) is 1.42. The third kappa shape index (κ3) is 7.06. The van der Waals surface area contributed by atoms with E-state index in [1.165, 1.54) is 12.8 Å². The Balaban J connectivity index is 2.10. The number of hydrogen-bond donors (Lipinski definition) is 1. The lowest BCUT2D eigenvalue weighted by atomic mass is 10.1. The van der Waals surface area contributed by atoms with Crippen molar-refractivity contribution in [2.75, 3.05) is 11.9 Å². The maximum absolute atomic E-state index is 12.5. The van der Waals surface area contributed by atoms with Crippen LogP contribution in [0.3, 0.4) is 0 Å². The minimum absolute atomic E-state index is 0.0379. The van der Waals surface area contributed by atoms with E-state index in [4.69, 9.17) is 4.74 Å². The average molecular weight is 474 g/mol. The number of hydrogen-bond acceptors (Lipinski definition) is 3. The van der Waals surface area contributed by atoms with Crippen molar-refractivity contribution in [2.24, 2.45) is 0 Å². The molecular weight excluding hydrogens is 451 g/mol. The van der Waals surface area contributed by atoms with Crippen molar-refractivity contribution in [3.63, 3.8) is 0 Å². The standard InChI is InChI=1S/C22H23IN2O2/c1-2-3-4-7-13-27-21-12-6-5-9-17(21)14-18(16-24)22(26)25-20-11-8-10-19(23)15-20/h5-6,8-12,14-15H,2-4,7,13H2,1H3,(H,25,26)/b18-14+. The molecule has 4 nitrogen and oxygen atoms in total. The van der Waals surface area contributed by atoms with Gasteiger partial charge in [-0.05, 0) is 59.4 Å². The number of nitrogens with zero attached hydrogens (tertiary/aromatic N) is 1. The lowest BCUT2D eigenvalue weighted by Gasteiger charge is -2.10.